The number of halogens is 1. The van der Waals surface area contributed by atoms with Gasteiger partial charge in [-0.15, -0.1) is 0 Å². The van der Waals surface area contributed by atoms with Gasteiger partial charge < -0.3 is 14.7 Å². The van der Waals surface area contributed by atoms with Crippen molar-refractivity contribution in [3.05, 3.63) is 46.7 Å². The number of carbonyl (C=O) groups is 2. The predicted octanol–water partition coefficient (Wildman–Crippen LogP) is 2.03. The fraction of sp³-hybridized carbons (Fsp3) is 0.353. The summed E-state index contributed by atoms with van der Waals surface area (Å²) in [4.78, 5) is 28.3. The van der Waals surface area contributed by atoms with Crippen LogP contribution >= 0.6 is 11.6 Å². The Hall–Kier alpha value is -2.38. The van der Waals surface area contributed by atoms with Gasteiger partial charge in [0.25, 0.3) is 5.91 Å². The zero-order valence-corrected chi connectivity index (χ0v) is 14.6. The van der Waals surface area contributed by atoms with E-state index in [1.54, 1.807) is 42.2 Å². The molecule has 7 nitrogen and oxygen atoms in total. The topological polar surface area (TPSA) is 78.7 Å². The summed E-state index contributed by atoms with van der Waals surface area (Å²) < 4.78 is 4.91. The molecule has 1 N–H and O–H groups in total. The van der Waals surface area contributed by atoms with Gasteiger partial charge in [0, 0.05) is 32.2 Å². The molecular formula is C17H19ClN4O3. The van der Waals surface area contributed by atoms with Gasteiger partial charge in [-0.25, -0.2) is 0 Å². The van der Waals surface area contributed by atoms with Crippen LogP contribution in [-0.4, -0.2) is 59.5 Å². The van der Waals surface area contributed by atoms with Gasteiger partial charge in [-0.05, 0) is 19.1 Å². The molecule has 0 saturated carbocycles. The molecule has 0 atom stereocenters. The van der Waals surface area contributed by atoms with Crippen LogP contribution in [-0.2, 0) is 4.79 Å². The molecule has 1 aliphatic rings. The van der Waals surface area contributed by atoms with E-state index in [-0.39, 0.29) is 18.4 Å². The SMILES string of the molecule is Cc1cc(NC(=O)CN2CCN(C(=O)c3ccccc3Cl)CC2)no1. The minimum atomic E-state index is -0.154. The summed E-state index contributed by atoms with van der Waals surface area (Å²) in [6.45, 7) is 4.38. The van der Waals surface area contributed by atoms with Gasteiger partial charge in [0.05, 0.1) is 17.1 Å². The maximum Gasteiger partial charge on any atom is 0.255 e. The van der Waals surface area contributed by atoms with Crippen molar-refractivity contribution in [2.75, 3.05) is 38.0 Å². The van der Waals surface area contributed by atoms with Crippen LogP contribution in [0.4, 0.5) is 5.82 Å². The van der Waals surface area contributed by atoms with Crippen molar-refractivity contribution in [3.8, 4) is 0 Å². The molecule has 1 aromatic heterocycles. The fourth-order valence-corrected chi connectivity index (χ4v) is 2.94. The highest BCUT2D eigenvalue weighted by Crippen LogP contribution is 2.18. The zero-order chi connectivity index (χ0) is 17.8. The Bertz CT molecular complexity index is 769. The molecule has 8 heteroatoms. The smallest absolute Gasteiger partial charge is 0.255 e. The van der Waals surface area contributed by atoms with Gasteiger partial charge >= 0.3 is 0 Å². The lowest BCUT2D eigenvalue weighted by Crippen LogP contribution is -2.50. The quantitative estimate of drug-likeness (QED) is 0.900. The van der Waals surface area contributed by atoms with E-state index in [1.807, 2.05) is 4.90 Å². The van der Waals surface area contributed by atoms with Crippen molar-refractivity contribution in [3.63, 3.8) is 0 Å². The number of hydrogen-bond acceptors (Lipinski definition) is 5. The Morgan fingerprint density at radius 3 is 2.60 bits per heavy atom. The van der Waals surface area contributed by atoms with E-state index in [4.69, 9.17) is 16.1 Å². The van der Waals surface area contributed by atoms with Crippen molar-refractivity contribution in [2.45, 2.75) is 6.92 Å². The van der Waals surface area contributed by atoms with Crippen LogP contribution in [0.2, 0.25) is 5.02 Å². The Balaban J connectivity index is 1.49. The standard InChI is InChI=1S/C17H19ClN4O3/c1-12-10-15(20-25-12)19-16(23)11-21-6-8-22(9-7-21)17(24)13-4-2-3-5-14(13)18/h2-5,10H,6-9,11H2,1H3,(H,19,20,23). The largest absolute Gasteiger partial charge is 0.360 e. The minimum Gasteiger partial charge on any atom is -0.360 e. The summed E-state index contributed by atoms with van der Waals surface area (Å²) in [5.41, 5.74) is 0.511. The normalized spacial score (nSPS) is 15.2. The molecule has 132 valence electrons. The molecular weight excluding hydrogens is 344 g/mol. The van der Waals surface area contributed by atoms with Crippen LogP contribution in [0.1, 0.15) is 16.1 Å². The number of aromatic nitrogens is 1. The summed E-state index contributed by atoms with van der Waals surface area (Å²) in [6.07, 6.45) is 0. The Morgan fingerprint density at radius 2 is 1.96 bits per heavy atom. The summed E-state index contributed by atoms with van der Waals surface area (Å²) in [5, 5.41) is 6.88. The average Bonchev–Trinajstić information content (AvgIpc) is 3.00. The lowest BCUT2D eigenvalue weighted by atomic mass is 10.2. The highest BCUT2D eigenvalue weighted by molar-refractivity contribution is 6.33. The molecule has 2 heterocycles. The number of aryl methyl sites for hydroxylation is 1. The van der Waals surface area contributed by atoms with E-state index in [2.05, 4.69) is 10.5 Å². The number of carbonyl (C=O) groups excluding carboxylic acids is 2. The lowest BCUT2D eigenvalue weighted by Gasteiger charge is -2.34. The molecule has 0 aliphatic carbocycles. The molecule has 1 saturated heterocycles. The van der Waals surface area contributed by atoms with Gasteiger partial charge in [0.2, 0.25) is 5.91 Å². The van der Waals surface area contributed by atoms with E-state index < -0.39 is 0 Å². The fourth-order valence-electron chi connectivity index (χ4n) is 2.72. The van der Waals surface area contributed by atoms with Crippen molar-refractivity contribution < 1.29 is 14.1 Å². The summed E-state index contributed by atoms with van der Waals surface area (Å²) in [7, 11) is 0. The van der Waals surface area contributed by atoms with Gasteiger partial charge in [0.1, 0.15) is 5.76 Å². The molecule has 0 bridgehead atoms. The molecule has 2 amide bonds. The zero-order valence-electron chi connectivity index (χ0n) is 13.9. The second kappa shape index (κ2) is 7.67. The molecule has 1 fully saturated rings. The van der Waals surface area contributed by atoms with E-state index in [0.29, 0.717) is 48.3 Å². The molecule has 0 unspecified atom stereocenters. The van der Waals surface area contributed by atoms with Crippen molar-refractivity contribution in [1.29, 1.82) is 0 Å². The molecule has 1 aromatic carbocycles. The summed E-state index contributed by atoms with van der Waals surface area (Å²) in [6, 6.07) is 8.70. The van der Waals surface area contributed by atoms with E-state index in [1.165, 1.54) is 0 Å². The Kier molecular flexibility index (Phi) is 5.35. The van der Waals surface area contributed by atoms with Crippen LogP contribution in [0.3, 0.4) is 0 Å². The van der Waals surface area contributed by atoms with Crippen LogP contribution in [0.25, 0.3) is 0 Å². The maximum atomic E-state index is 12.5. The third kappa shape index (κ3) is 4.37. The predicted molar refractivity (Wildman–Crippen MR) is 93.7 cm³/mol. The number of amides is 2. The highest BCUT2D eigenvalue weighted by atomic mass is 35.5. The van der Waals surface area contributed by atoms with E-state index >= 15 is 0 Å². The molecule has 1 aliphatic heterocycles. The number of hydrogen-bond donors (Lipinski definition) is 1. The van der Waals surface area contributed by atoms with Crippen LogP contribution < -0.4 is 5.32 Å². The van der Waals surface area contributed by atoms with Crippen molar-refractivity contribution >= 4 is 29.2 Å². The van der Waals surface area contributed by atoms with Gasteiger partial charge in [0.15, 0.2) is 5.82 Å². The number of piperazine rings is 1. The van der Waals surface area contributed by atoms with E-state index in [9.17, 15) is 9.59 Å². The van der Waals surface area contributed by atoms with Crippen LogP contribution in [0.15, 0.2) is 34.9 Å². The second-order valence-corrected chi connectivity index (χ2v) is 6.33. The molecule has 3 rings (SSSR count). The van der Waals surface area contributed by atoms with Gasteiger partial charge in [-0.2, -0.15) is 0 Å². The Labute approximate surface area is 150 Å². The van der Waals surface area contributed by atoms with Crippen molar-refractivity contribution in [1.82, 2.24) is 15.0 Å². The molecule has 0 spiro atoms. The molecule has 0 radical (unpaired) electrons. The highest BCUT2D eigenvalue weighted by Gasteiger charge is 2.24. The number of rotatable bonds is 4. The van der Waals surface area contributed by atoms with Gasteiger partial charge in [-0.3, -0.25) is 14.5 Å². The van der Waals surface area contributed by atoms with Crippen LogP contribution in [0, 0.1) is 6.92 Å². The average molecular weight is 363 g/mol. The maximum absolute atomic E-state index is 12.5. The van der Waals surface area contributed by atoms with Crippen LogP contribution in [0.5, 0.6) is 0 Å². The second-order valence-electron chi connectivity index (χ2n) is 5.92. The number of anilines is 1. The van der Waals surface area contributed by atoms with Crippen molar-refractivity contribution in [2.24, 2.45) is 0 Å². The first-order valence-corrected chi connectivity index (χ1v) is 8.40. The van der Waals surface area contributed by atoms with E-state index in [0.717, 1.165) is 0 Å². The minimum absolute atomic E-state index is 0.0761. The molecule has 2 aromatic rings. The summed E-state index contributed by atoms with van der Waals surface area (Å²) in [5.74, 6) is 0.823. The monoisotopic (exact) mass is 362 g/mol. The number of nitrogens with zero attached hydrogens (tertiary/aromatic N) is 3. The first-order chi connectivity index (χ1) is 12.0. The first-order valence-electron chi connectivity index (χ1n) is 8.02. The van der Waals surface area contributed by atoms with Gasteiger partial charge in [-0.1, -0.05) is 28.9 Å². The third-order valence-corrected chi connectivity index (χ3v) is 4.36. The summed E-state index contributed by atoms with van der Waals surface area (Å²) >= 11 is 6.09. The number of benzene rings is 1. The molecule has 25 heavy (non-hydrogen) atoms. The Morgan fingerprint density at radius 1 is 1.24 bits per heavy atom. The lowest BCUT2D eigenvalue weighted by molar-refractivity contribution is -0.117. The number of nitrogens with one attached hydrogen (secondary N) is 1. The third-order valence-electron chi connectivity index (χ3n) is 4.03. The first kappa shape index (κ1) is 17.4.